The molecule has 1 saturated heterocycles. The molecule has 1 aromatic heterocycles. The molecule has 0 aliphatic carbocycles. The summed E-state index contributed by atoms with van der Waals surface area (Å²) in [5.74, 6) is -0.327. The predicted octanol–water partition coefficient (Wildman–Crippen LogP) is 4.66. The lowest BCUT2D eigenvalue weighted by atomic mass is 9.84. The van der Waals surface area contributed by atoms with Gasteiger partial charge in [-0.15, -0.1) is 0 Å². The summed E-state index contributed by atoms with van der Waals surface area (Å²) in [5, 5.41) is 29.8. The van der Waals surface area contributed by atoms with Crippen molar-refractivity contribution >= 4 is 31.9 Å². The van der Waals surface area contributed by atoms with Crippen molar-refractivity contribution in [3.8, 4) is 11.3 Å². The van der Waals surface area contributed by atoms with Crippen molar-refractivity contribution in [3.63, 3.8) is 0 Å². The molecule has 2 aliphatic heterocycles. The third-order valence-electron chi connectivity index (χ3n) is 9.24. The molecule has 1 fully saturated rings. The second kappa shape index (κ2) is 14.8. The minimum atomic E-state index is -4.66. The average Bonchev–Trinajstić information content (AvgIpc) is 3.37. The van der Waals surface area contributed by atoms with Crippen LogP contribution in [0.2, 0.25) is 0 Å². The molecule has 10 nitrogen and oxygen atoms in total. The number of aliphatic hydroxyl groups is 2. The van der Waals surface area contributed by atoms with Gasteiger partial charge in [0.1, 0.15) is 0 Å². The molecule has 15 heteroatoms. The lowest BCUT2D eigenvalue weighted by molar-refractivity contribution is -0.138. The standard InChI is InChI=1S/C34H43BrF3N5O5S/c1-22(2)16-31(45)39-18-24-17-23(4-9-29(24)34(36,37)38)32-28-21-42(49(3,47)48)13-10-30(28)43(40-32)20-27(44)19-41-14-11-33(46,12-15-41)25-5-7-26(35)8-6-25/h4-9,17,22,27,44,46H,10-16,18-21H2,1-3H3,(H,39,45). The van der Waals surface area contributed by atoms with Crippen LogP contribution in [0.15, 0.2) is 46.9 Å². The maximum Gasteiger partial charge on any atom is 0.416 e. The van der Waals surface area contributed by atoms with Gasteiger partial charge in [0.25, 0.3) is 0 Å². The normalized spacial score (nSPS) is 18.0. The van der Waals surface area contributed by atoms with Crippen LogP contribution in [0.5, 0.6) is 0 Å². The van der Waals surface area contributed by atoms with Gasteiger partial charge in [-0.2, -0.15) is 22.6 Å². The van der Waals surface area contributed by atoms with Gasteiger partial charge in [-0.25, -0.2) is 8.42 Å². The number of nitrogens with zero attached hydrogens (tertiary/aromatic N) is 4. The van der Waals surface area contributed by atoms with Crippen LogP contribution in [0, 0.1) is 5.92 Å². The number of hydrogen-bond acceptors (Lipinski definition) is 7. The third kappa shape index (κ3) is 9.11. The quantitative estimate of drug-likeness (QED) is 0.259. The SMILES string of the molecule is CC(C)CC(=O)NCc1cc(-c2nn(CC(O)CN3CCC(O)(c4ccc(Br)cc4)CC3)c3c2CN(S(C)(=O)=O)CC3)ccc1C(F)(F)F. The highest BCUT2D eigenvalue weighted by Crippen LogP contribution is 2.37. The Hall–Kier alpha value is -2.82. The molecule has 3 N–H and O–H groups in total. The van der Waals surface area contributed by atoms with Crippen LogP contribution < -0.4 is 5.32 Å². The topological polar surface area (TPSA) is 128 Å². The van der Waals surface area contributed by atoms with E-state index in [1.807, 2.05) is 38.1 Å². The number of piperidine rings is 1. The van der Waals surface area contributed by atoms with Crippen LogP contribution in [0.25, 0.3) is 11.3 Å². The van der Waals surface area contributed by atoms with Crippen molar-refractivity contribution in [1.29, 1.82) is 0 Å². The molecule has 0 radical (unpaired) electrons. The Bertz CT molecular complexity index is 1760. The summed E-state index contributed by atoms with van der Waals surface area (Å²) in [6, 6.07) is 11.2. The van der Waals surface area contributed by atoms with Crippen LogP contribution >= 0.6 is 15.9 Å². The Morgan fingerprint density at radius 3 is 2.37 bits per heavy atom. The number of likely N-dealkylation sites (tertiary alicyclic amines) is 1. The van der Waals surface area contributed by atoms with Crippen molar-refractivity contribution in [2.45, 2.75) is 77.0 Å². The van der Waals surface area contributed by atoms with Crippen molar-refractivity contribution < 1.29 is 36.6 Å². The molecule has 2 aromatic carbocycles. The summed E-state index contributed by atoms with van der Waals surface area (Å²) in [4.78, 5) is 14.4. The lowest BCUT2D eigenvalue weighted by Crippen LogP contribution is -2.45. The van der Waals surface area contributed by atoms with Gasteiger partial charge in [0, 0.05) is 73.4 Å². The first-order valence-electron chi connectivity index (χ1n) is 16.3. The molecule has 2 aliphatic rings. The predicted molar refractivity (Wildman–Crippen MR) is 183 cm³/mol. The number of halogens is 4. The molecular weight excluding hydrogens is 727 g/mol. The largest absolute Gasteiger partial charge is 0.416 e. The minimum absolute atomic E-state index is 0.0121. The Balaban J connectivity index is 1.38. The van der Waals surface area contributed by atoms with Crippen LogP contribution in [0.4, 0.5) is 13.2 Å². The van der Waals surface area contributed by atoms with E-state index >= 15 is 0 Å². The second-order valence-corrected chi connectivity index (χ2v) is 16.4. The van der Waals surface area contributed by atoms with Crippen LogP contribution in [0.3, 0.4) is 0 Å². The number of aliphatic hydroxyl groups excluding tert-OH is 1. The molecule has 0 bridgehead atoms. The van der Waals surface area contributed by atoms with Crippen molar-refractivity contribution in [1.82, 2.24) is 24.3 Å². The van der Waals surface area contributed by atoms with E-state index in [9.17, 15) is 36.6 Å². The number of rotatable bonds is 11. The zero-order valence-electron chi connectivity index (χ0n) is 27.8. The molecule has 268 valence electrons. The molecule has 1 atom stereocenters. The Morgan fingerprint density at radius 2 is 1.76 bits per heavy atom. The summed E-state index contributed by atoms with van der Waals surface area (Å²) in [5.41, 5.74) is 0.840. The van der Waals surface area contributed by atoms with E-state index in [1.165, 1.54) is 16.4 Å². The number of fused-ring (bicyclic) bond motifs is 1. The van der Waals surface area contributed by atoms with Gasteiger partial charge in [0.15, 0.2) is 0 Å². The fourth-order valence-electron chi connectivity index (χ4n) is 6.64. The Morgan fingerprint density at radius 1 is 1.08 bits per heavy atom. The van der Waals surface area contributed by atoms with Crippen molar-refractivity contribution in [2.24, 2.45) is 5.92 Å². The maximum absolute atomic E-state index is 14.0. The summed E-state index contributed by atoms with van der Waals surface area (Å²) in [6.07, 6.45) is -2.93. The summed E-state index contributed by atoms with van der Waals surface area (Å²) in [7, 11) is -3.57. The van der Waals surface area contributed by atoms with Crippen molar-refractivity contribution in [2.75, 3.05) is 32.4 Å². The monoisotopic (exact) mass is 769 g/mol. The Labute approximate surface area is 293 Å². The molecule has 1 unspecified atom stereocenters. The van der Waals surface area contributed by atoms with E-state index in [4.69, 9.17) is 5.10 Å². The van der Waals surface area contributed by atoms with E-state index in [0.29, 0.717) is 61.4 Å². The highest BCUT2D eigenvalue weighted by molar-refractivity contribution is 9.10. The third-order valence-corrected chi connectivity index (χ3v) is 11.0. The van der Waals surface area contributed by atoms with E-state index in [2.05, 4.69) is 26.1 Å². The molecule has 3 heterocycles. The van der Waals surface area contributed by atoms with Crippen LogP contribution in [0.1, 0.15) is 61.1 Å². The fraction of sp³-hybridized carbons (Fsp3) is 0.529. The van der Waals surface area contributed by atoms with Gasteiger partial charge >= 0.3 is 6.18 Å². The minimum Gasteiger partial charge on any atom is -0.390 e. The van der Waals surface area contributed by atoms with E-state index in [-0.39, 0.29) is 50.0 Å². The first-order valence-corrected chi connectivity index (χ1v) is 19.0. The maximum atomic E-state index is 14.0. The number of aromatic nitrogens is 2. The molecule has 0 spiro atoms. The summed E-state index contributed by atoms with van der Waals surface area (Å²) >= 11 is 3.42. The Kier molecular flexibility index (Phi) is 11.3. The van der Waals surface area contributed by atoms with Gasteiger partial charge in [-0.05, 0) is 54.2 Å². The summed E-state index contributed by atoms with van der Waals surface area (Å²) in [6.45, 7) is 5.08. The number of benzene rings is 2. The number of amides is 1. The lowest BCUT2D eigenvalue weighted by Gasteiger charge is -2.39. The second-order valence-electron chi connectivity index (χ2n) is 13.5. The molecular formula is C34H43BrF3N5O5S. The van der Waals surface area contributed by atoms with Crippen molar-refractivity contribution in [3.05, 3.63) is 74.9 Å². The highest BCUT2D eigenvalue weighted by atomic mass is 79.9. The number of carbonyl (C=O) groups is 1. The molecule has 3 aromatic rings. The number of sulfonamides is 1. The zero-order chi connectivity index (χ0) is 35.7. The van der Waals surface area contributed by atoms with Gasteiger partial charge in [0.2, 0.25) is 15.9 Å². The van der Waals surface area contributed by atoms with Gasteiger partial charge < -0.3 is 20.4 Å². The zero-order valence-corrected chi connectivity index (χ0v) is 30.2. The van der Waals surface area contributed by atoms with E-state index < -0.39 is 33.5 Å². The number of nitrogens with one attached hydrogen (secondary N) is 1. The van der Waals surface area contributed by atoms with E-state index in [1.54, 1.807) is 4.68 Å². The van der Waals surface area contributed by atoms with Gasteiger partial charge in [-0.3, -0.25) is 9.48 Å². The first-order chi connectivity index (χ1) is 22.9. The highest BCUT2D eigenvalue weighted by Gasteiger charge is 2.36. The molecule has 0 saturated carbocycles. The first kappa shape index (κ1) is 37.4. The molecule has 49 heavy (non-hydrogen) atoms. The average molecular weight is 771 g/mol. The van der Waals surface area contributed by atoms with Gasteiger partial charge in [-0.1, -0.05) is 48.0 Å². The number of carbonyl (C=O) groups excluding carboxylic acids is 1. The number of β-amino-alcohol motifs (C(OH)–C–C–N with tert-alkyl or cyclic N) is 1. The van der Waals surface area contributed by atoms with Crippen LogP contribution in [-0.2, 0) is 52.7 Å². The molecule has 1 amide bonds. The summed E-state index contributed by atoms with van der Waals surface area (Å²) < 4.78 is 70.9. The van der Waals surface area contributed by atoms with E-state index in [0.717, 1.165) is 22.4 Å². The number of alkyl halides is 3. The smallest absolute Gasteiger partial charge is 0.390 e. The fourth-order valence-corrected chi connectivity index (χ4v) is 7.69. The van der Waals surface area contributed by atoms with Crippen LogP contribution in [-0.4, -0.2) is 82.1 Å². The molecule has 5 rings (SSSR count). The number of hydrogen-bond donors (Lipinski definition) is 3. The van der Waals surface area contributed by atoms with Gasteiger partial charge in [0.05, 0.1) is 35.8 Å².